The average Bonchev–Trinajstić information content (AvgIpc) is 2.53. The first kappa shape index (κ1) is 15.8. The second-order valence-electron chi connectivity index (χ2n) is 4.39. The molecular weight excluding hydrogens is 344 g/mol. The lowest BCUT2D eigenvalue weighted by molar-refractivity contribution is 0.0959. The zero-order chi connectivity index (χ0) is 15.9. The van der Waals surface area contributed by atoms with E-state index in [4.69, 9.17) is 6.42 Å². The van der Waals surface area contributed by atoms with Crippen molar-refractivity contribution in [1.82, 2.24) is 5.32 Å². The van der Waals surface area contributed by atoms with Crippen LogP contribution in [0.2, 0.25) is 0 Å². The zero-order valence-electron chi connectivity index (χ0n) is 11.6. The van der Waals surface area contributed by atoms with Gasteiger partial charge in [0.2, 0.25) is 0 Å². The Morgan fingerprint density at radius 1 is 1.05 bits per heavy atom. The molecule has 0 aliphatic rings. The van der Waals surface area contributed by atoms with Crippen molar-refractivity contribution in [2.75, 3.05) is 11.9 Å². The maximum atomic E-state index is 12.2. The molecule has 2 N–H and O–H groups in total. The number of hydrogen-bond acceptors (Lipinski definition) is 2. The van der Waals surface area contributed by atoms with Gasteiger partial charge in [0.25, 0.3) is 11.8 Å². The van der Waals surface area contributed by atoms with Crippen molar-refractivity contribution in [3.8, 4) is 12.3 Å². The van der Waals surface area contributed by atoms with Gasteiger partial charge in [0.15, 0.2) is 0 Å². The lowest BCUT2D eigenvalue weighted by Gasteiger charge is -2.10. The topological polar surface area (TPSA) is 58.2 Å². The normalized spacial score (nSPS) is 9.64. The predicted octanol–water partition coefficient (Wildman–Crippen LogP) is 3.06. The molecule has 0 spiro atoms. The number of nitrogens with one attached hydrogen (secondary N) is 2. The molecule has 0 saturated heterocycles. The molecule has 4 nitrogen and oxygen atoms in total. The van der Waals surface area contributed by atoms with E-state index in [1.165, 1.54) is 0 Å². The van der Waals surface area contributed by atoms with Crippen LogP contribution in [0.5, 0.6) is 0 Å². The van der Waals surface area contributed by atoms with Crippen LogP contribution < -0.4 is 10.6 Å². The highest BCUT2D eigenvalue weighted by atomic mass is 79.9. The highest BCUT2D eigenvalue weighted by Crippen LogP contribution is 2.17. The van der Waals surface area contributed by atoms with E-state index in [2.05, 4.69) is 32.5 Å². The van der Waals surface area contributed by atoms with Crippen LogP contribution in [-0.4, -0.2) is 18.4 Å². The molecule has 0 aliphatic carbocycles. The quantitative estimate of drug-likeness (QED) is 0.827. The van der Waals surface area contributed by atoms with Gasteiger partial charge in [-0.1, -0.05) is 34.0 Å². The van der Waals surface area contributed by atoms with Crippen molar-refractivity contribution in [1.29, 1.82) is 0 Å². The van der Waals surface area contributed by atoms with E-state index in [1.807, 2.05) is 0 Å². The van der Waals surface area contributed by atoms with E-state index in [1.54, 1.807) is 48.5 Å². The molecule has 0 bridgehead atoms. The van der Waals surface area contributed by atoms with E-state index in [0.29, 0.717) is 16.8 Å². The van der Waals surface area contributed by atoms with Crippen LogP contribution in [0.4, 0.5) is 5.69 Å². The molecule has 110 valence electrons. The predicted molar refractivity (Wildman–Crippen MR) is 89.7 cm³/mol. The van der Waals surface area contributed by atoms with E-state index in [0.717, 1.165) is 4.47 Å². The van der Waals surface area contributed by atoms with E-state index < -0.39 is 0 Å². The molecule has 5 heteroatoms. The number of carbonyl (C=O) groups is 2. The van der Waals surface area contributed by atoms with Gasteiger partial charge >= 0.3 is 0 Å². The minimum absolute atomic E-state index is 0.133. The van der Waals surface area contributed by atoms with Gasteiger partial charge < -0.3 is 10.6 Å². The Bertz CT molecular complexity index is 733. The summed E-state index contributed by atoms with van der Waals surface area (Å²) in [6.07, 6.45) is 5.12. The first-order valence-corrected chi connectivity index (χ1v) is 7.28. The molecule has 0 saturated carbocycles. The molecule has 2 aromatic carbocycles. The molecule has 0 unspecified atom stereocenters. The van der Waals surface area contributed by atoms with Gasteiger partial charge in [-0.3, -0.25) is 9.59 Å². The summed E-state index contributed by atoms with van der Waals surface area (Å²) in [5.74, 6) is 1.72. The smallest absolute Gasteiger partial charge is 0.255 e. The fraction of sp³-hybridized carbons (Fsp3) is 0.0588. The van der Waals surface area contributed by atoms with Gasteiger partial charge in [0.1, 0.15) is 0 Å². The van der Waals surface area contributed by atoms with E-state index >= 15 is 0 Å². The Kier molecular flexibility index (Phi) is 5.34. The van der Waals surface area contributed by atoms with Gasteiger partial charge in [0, 0.05) is 10.0 Å². The van der Waals surface area contributed by atoms with Crippen LogP contribution in [0, 0.1) is 12.3 Å². The summed E-state index contributed by atoms with van der Waals surface area (Å²) in [6.45, 7) is 0.133. The van der Waals surface area contributed by atoms with Crippen LogP contribution >= 0.6 is 15.9 Å². The lowest BCUT2D eigenvalue weighted by Crippen LogP contribution is -2.25. The highest BCUT2D eigenvalue weighted by Gasteiger charge is 2.13. The van der Waals surface area contributed by atoms with Crippen molar-refractivity contribution in [3.05, 3.63) is 64.1 Å². The third-order valence-corrected chi connectivity index (χ3v) is 3.41. The third kappa shape index (κ3) is 3.96. The molecule has 0 aromatic heterocycles. The molecule has 2 aromatic rings. The third-order valence-electron chi connectivity index (χ3n) is 2.88. The maximum absolute atomic E-state index is 12.2. The lowest BCUT2D eigenvalue weighted by atomic mass is 10.1. The average molecular weight is 357 g/mol. The van der Waals surface area contributed by atoms with Crippen molar-refractivity contribution >= 4 is 33.4 Å². The summed E-state index contributed by atoms with van der Waals surface area (Å²) in [5, 5.41) is 5.31. The Hall–Kier alpha value is -2.58. The fourth-order valence-corrected chi connectivity index (χ4v) is 2.08. The molecule has 2 amide bonds. The first-order valence-electron chi connectivity index (χ1n) is 6.49. The number of benzene rings is 2. The summed E-state index contributed by atoms with van der Waals surface area (Å²) < 4.78 is 0.887. The minimum atomic E-state index is -0.329. The SMILES string of the molecule is C#CCNC(=O)c1ccccc1NC(=O)c1ccc(Br)cc1. The maximum Gasteiger partial charge on any atom is 0.255 e. The van der Waals surface area contributed by atoms with Crippen molar-refractivity contribution in [2.45, 2.75) is 0 Å². The Balaban J connectivity index is 2.19. The van der Waals surface area contributed by atoms with Gasteiger partial charge in [0.05, 0.1) is 17.8 Å². The summed E-state index contributed by atoms with van der Waals surface area (Å²) in [5.41, 5.74) is 1.30. The molecule has 0 radical (unpaired) electrons. The number of rotatable bonds is 4. The van der Waals surface area contributed by atoms with Crippen molar-refractivity contribution in [2.24, 2.45) is 0 Å². The van der Waals surface area contributed by atoms with Crippen LogP contribution in [0.1, 0.15) is 20.7 Å². The van der Waals surface area contributed by atoms with E-state index in [-0.39, 0.29) is 18.4 Å². The summed E-state index contributed by atoms with van der Waals surface area (Å²) >= 11 is 3.32. The van der Waals surface area contributed by atoms with E-state index in [9.17, 15) is 9.59 Å². The number of hydrogen-bond donors (Lipinski definition) is 2. The second-order valence-corrected chi connectivity index (χ2v) is 5.31. The zero-order valence-corrected chi connectivity index (χ0v) is 13.2. The Labute approximate surface area is 137 Å². The largest absolute Gasteiger partial charge is 0.341 e. The number of halogens is 1. The Morgan fingerprint density at radius 2 is 1.73 bits per heavy atom. The fourth-order valence-electron chi connectivity index (χ4n) is 1.81. The number of carbonyl (C=O) groups excluding carboxylic acids is 2. The van der Waals surface area contributed by atoms with Crippen molar-refractivity contribution < 1.29 is 9.59 Å². The molecule has 0 aliphatic heterocycles. The molecule has 0 atom stereocenters. The van der Waals surface area contributed by atoms with Gasteiger partial charge in [-0.05, 0) is 36.4 Å². The summed E-state index contributed by atoms with van der Waals surface area (Å²) in [6, 6.07) is 13.7. The molecule has 22 heavy (non-hydrogen) atoms. The van der Waals surface area contributed by atoms with Crippen LogP contribution in [-0.2, 0) is 0 Å². The van der Waals surface area contributed by atoms with Gasteiger partial charge in [-0.25, -0.2) is 0 Å². The molecule has 0 fully saturated rings. The van der Waals surface area contributed by atoms with Crippen LogP contribution in [0.15, 0.2) is 53.0 Å². The van der Waals surface area contributed by atoms with Crippen LogP contribution in [0.25, 0.3) is 0 Å². The minimum Gasteiger partial charge on any atom is -0.341 e. The van der Waals surface area contributed by atoms with Gasteiger partial charge in [-0.2, -0.15) is 0 Å². The molecular formula is C17H13BrN2O2. The Morgan fingerprint density at radius 3 is 2.41 bits per heavy atom. The molecule has 2 rings (SSSR count). The standard InChI is InChI=1S/C17H13BrN2O2/c1-2-11-19-17(22)14-5-3-4-6-15(14)20-16(21)12-7-9-13(18)10-8-12/h1,3-10H,11H2,(H,19,22)(H,20,21). The number of para-hydroxylation sites is 1. The number of terminal acetylenes is 1. The number of amides is 2. The van der Waals surface area contributed by atoms with Crippen LogP contribution in [0.3, 0.4) is 0 Å². The monoisotopic (exact) mass is 356 g/mol. The van der Waals surface area contributed by atoms with Gasteiger partial charge in [-0.15, -0.1) is 6.42 Å². The summed E-state index contributed by atoms with van der Waals surface area (Å²) in [4.78, 5) is 24.2. The first-order chi connectivity index (χ1) is 10.6. The highest BCUT2D eigenvalue weighted by molar-refractivity contribution is 9.10. The second kappa shape index (κ2) is 7.43. The molecule has 0 heterocycles. The number of anilines is 1. The van der Waals surface area contributed by atoms with Crippen molar-refractivity contribution in [3.63, 3.8) is 0 Å². The summed E-state index contributed by atoms with van der Waals surface area (Å²) in [7, 11) is 0.